The zero-order chi connectivity index (χ0) is 13.8. The molecule has 19 heavy (non-hydrogen) atoms. The average molecular weight is 262 g/mol. The minimum atomic E-state index is 0.0553. The van der Waals surface area contributed by atoms with Crippen LogP contribution in [0.25, 0.3) is 0 Å². The van der Waals surface area contributed by atoms with Gasteiger partial charge < -0.3 is 15.4 Å². The number of hydrogen-bond donors (Lipinski definition) is 2. The number of methoxy groups -OCH3 is 1. The van der Waals surface area contributed by atoms with Crippen molar-refractivity contribution in [2.75, 3.05) is 13.7 Å². The van der Waals surface area contributed by atoms with Crippen molar-refractivity contribution in [2.45, 2.75) is 39.3 Å². The Bertz CT molecular complexity index is 467. The second kappa shape index (κ2) is 6.06. The molecule has 0 aliphatic heterocycles. The number of rotatable bonds is 6. The molecule has 104 valence electrons. The van der Waals surface area contributed by atoms with E-state index in [0.29, 0.717) is 19.1 Å². The summed E-state index contributed by atoms with van der Waals surface area (Å²) in [6, 6.07) is 4.65. The Labute approximate surface area is 114 Å². The predicted octanol–water partition coefficient (Wildman–Crippen LogP) is 1.68. The van der Waals surface area contributed by atoms with E-state index in [1.54, 1.807) is 7.11 Å². The summed E-state index contributed by atoms with van der Waals surface area (Å²) in [5.41, 5.74) is 3.37. The van der Waals surface area contributed by atoms with Gasteiger partial charge in [0.1, 0.15) is 5.75 Å². The highest BCUT2D eigenvalue weighted by molar-refractivity contribution is 5.78. The average Bonchev–Trinajstić information content (AvgIpc) is 3.21. The summed E-state index contributed by atoms with van der Waals surface area (Å²) < 4.78 is 5.28. The van der Waals surface area contributed by atoms with Gasteiger partial charge in [-0.3, -0.25) is 4.79 Å². The third-order valence-electron chi connectivity index (χ3n) is 3.46. The largest absolute Gasteiger partial charge is 0.496 e. The highest BCUT2D eigenvalue weighted by Crippen LogP contribution is 2.22. The van der Waals surface area contributed by atoms with Crippen LogP contribution < -0.4 is 15.4 Å². The first-order chi connectivity index (χ1) is 9.10. The van der Waals surface area contributed by atoms with Crippen molar-refractivity contribution in [3.8, 4) is 5.75 Å². The normalized spacial score (nSPS) is 14.3. The van der Waals surface area contributed by atoms with Crippen molar-refractivity contribution in [2.24, 2.45) is 0 Å². The molecule has 1 aromatic rings. The van der Waals surface area contributed by atoms with Crippen molar-refractivity contribution in [1.29, 1.82) is 0 Å². The van der Waals surface area contributed by atoms with Crippen molar-refractivity contribution >= 4 is 5.91 Å². The molecule has 2 rings (SSSR count). The van der Waals surface area contributed by atoms with E-state index in [1.165, 1.54) is 12.8 Å². The first-order valence-electron chi connectivity index (χ1n) is 6.74. The van der Waals surface area contributed by atoms with Crippen molar-refractivity contribution in [3.05, 3.63) is 28.8 Å². The summed E-state index contributed by atoms with van der Waals surface area (Å²) in [4.78, 5) is 11.7. The maximum atomic E-state index is 11.7. The summed E-state index contributed by atoms with van der Waals surface area (Å²) in [6.07, 6.45) is 2.40. The molecule has 0 atom stereocenters. The Kier molecular flexibility index (Phi) is 4.43. The quantitative estimate of drug-likeness (QED) is 0.820. The molecule has 1 aliphatic rings. The number of amides is 1. The zero-order valence-electron chi connectivity index (χ0n) is 11.9. The minimum absolute atomic E-state index is 0.0553. The summed E-state index contributed by atoms with van der Waals surface area (Å²) in [7, 11) is 1.67. The summed E-state index contributed by atoms with van der Waals surface area (Å²) in [6.45, 7) is 5.03. The summed E-state index contributed by atoms with van der Waals surface area (Å²) in [5.74, 6) is 0.947. The van der Waals surface area contributed by atoms with Gasteiger partial charge in [0.05, 0.1) is 13.7 Å². The molecule has 4 heteroatoms. The maximum Gasteiger partial charge on any atom is 0.234 e. The van der Waals surface area contributed by atoms with Crippen molar-refractivity contribution < 1.29 is 9.53 Å². The van der Waals surface area contributed by atoms with Gasteiger partial charge >= 0.3 is 0 Å². The highest BCUT2D eigenvalue weighted by Gasteiger charge is 2.21. The number of benzene rings is 1. The van der Waals surface area contributed by atoms with Gasteiger partial charge in [0.15, 0.2) is 0 Å². The first-order valence-corrected chi connectivity index (χ1v) is 6.74. The van der Waals surface area contributed by atoms with Crippen LogP contribution in [0, 0.1) is 13.8 Å². The molecule has 1 amide bonds. The fraction of sp³-hybridized carbons (Fsp3) is 0.533. The summed E-state index contributed by atoms with van der Waals surface area (Å²) >= 11 is 0. The van der Waals surface area contributed by atoms with Crippen LogP contribution >= 0.6 is 0 Å². The molecule has 1 fully saturated rings. The number of carbonyl (C=O) groups is 1. The molecule has 0 unspecified atom stereocenters. The SMILES string of the molecule is COc1cc(C)c(CNC(=O)CNC2CC2)cc1C. The van der Waals surface area contributed by atoms with E-state index in [1.807, 2.05) is 19.9 Å². The standard InChI is InChI=1S/C15H22N2O2/c1-10-7-14(19-3)11(2)6-12(10)8-17-15(18)9-16-13-4-5-13/h6-7,13,16H,4-5,8-9H2,1-3H3,(H,17,18). The lowest BCUT2D eigenvalue weighted by Crippen LogP contribution is -2.34. The van der Waals surface area contributed by atoms with Crippen LogP contribution in [0.2, 0.25) is 0 Å². The molecule has 0 aromatic heterocycles. The van der Waals surface area contributed by atoms with Crippen LogP contribution in [0.15, 0.2) is 12.1 Å². The van der Waals surface area contributed by atoms with Crippen LogP contribution in [0.5, 0.6) is 5.75 Å². The fourth-order valence-corrected chi connectivity index (χ4v) is 2.04. The van der Waals surface area contributed by atoms with E-state index in [0.717, 1.165) is 22.4 Å². The van der Waals surface area contributed by atoms with Crippen molar-refractivity contribution in [3.63, 3.8) is 0 Å². The number of ether oxygens (including phenoxy) is 1. The maximum absolute atomic E-state index is 11.7. The van der Waals surface area contributed by atoms with Crippen LogP contribution in [-0.4, -0.2) is 25.6 Å². The van der Waals surface area contributed by atoms with Gasteiger partial charge in [0.25, 0.3) is 0 Å². The predicted molar refractivity (Wildman–Crippen MR) is 75.3 cm³/mol. The molecule has 0 saturated heterocycles. The van der Waals surface area contributed by atoms with Gasteiger partial charge in [0.2, 0.25) is 5.91 Å². The Morgan fingerprint density at radius 2 is 2.05 bits per heavy atom. The molecular formula is C15H22N2O2. The molecule has 0 radical (unpaired) electrons. The minimum Gasteiger partial charge on any atom is -0.496 e. The molecule has 0 spiro atoms. The van der Waals surface area contributed by atoms with Crippen LogP contribution in [0.1, 0.15) is 29.5 Å². The van der Waals surface area contributed by atoms with E-state index in [-0.39, 0.29) is 5.91 Å². The molecule has 1 aromatic carbocycles. The lowest BCUT2D eigenvalue weighted by molar-refractivity contribution is -0.120. The number of carbonyl (C=O) groups excluding carboxylic acids is 1. The third-order valence-corrected chi connectivity index (χ3v) is 3.46. The van der Waals surface area contributed by atoms with Gasteiger partial charge in [-0.25, -0.2) is 0 Å². The lowest BCUT2D eigenvalue weighted by Gasteiger charge is -2.12. The number of nitrogens with one attached hydrogen (secondary N) is 2. The Morgan fingerprint density at radius 1 is 1.32 bits per heavy atom. The summed E-state index contributed by atoms with van der Waals surface area (Å²) in [5, 5.41) is 6.15. The molecule has 1 aliphatic carbocycles. The smallest absolute Gasteiger partial charge is 0.234 e. The number of aryl methyl sites for hydroxylation is 2. The van der Waals surface area contributed by atoms with Gasteiger partial charge in [0, 0.05) is 12.6 Å². The van der Waals surface area contributed by atoms with Crippen LogP contribution in [-0.2, 0) is 11.3 Å². The van der Waals surface area contributed by atoms with Crippen molar-refractivity contribution in [1.82, 2.24) is 10.6 Å². The molecule has 2 N–H and O–H groups in total. The topological polar surface area (TPSA) is 50.4 Å². The van der Waals surface area contributed by atoms with Gasteiger partial charge in [-0.2, -0.15) is 0 Å². The van der Waals surface area contributed by atoms with E-state index in [2.05, 4.69) is 16.7 Å². The van der Waals surface area contributed by atoms with E-state index >= 15 is 0 Å². The van der Waals surface area contributed by atoms with Crippen LogP contribution in [0.3, 0.4) is 0 Å². The second-order valence-electron chi connectivity index (χ2n) is 5.18. The van der Waals surface area contributed by atoms with E-state index < -0.39 is 0 Å². The van der Waals surface area contributed by atoms with Gasteiger partial charge in [-0.05, 0) is 49.4 Å². The monoisotopic (exact) mass is 262 g/mol. The molecule has 0 heterocycles. The number of hydrogen-bond acceptors (Lipinski definition) is 3. The molecular weight excluding hydrogens is 240 g/mol. The van der Waals surface area contributed by atoms with E-state index in [4.69, 9.17) is 4.74 Å². The third kappa shape index (κ3) is 3.96. The Morgan fingerprint density at radius 3 is 2.68 bits per heavy atom. The fourth-order valence-electron chi connectivity index (χ4n) is 2.04. The lowest BCUT2D eigenvalue weighted by atomic mass is 10.0. The zero-order valence-corrected chi connectivity index (χ0v) is 11.9. The first kappa shape index (κ1) is 13.9. The van der Waals surface area contributed by atoms with Gasteiger partial charge in [-0.1, -0.05) is 6.07 Å². The molecule has 1 saturated carbocycles. The van der Waals surface area contributed by atoms with Gasteiger partial charge in [-0.15, -0.1) is 0 Å². The molecule has 0 bridgehead atoms. The highest BCUT2D eigenvalue weighted by atomic mass is 16.5. The van der Waals surface area contributed by atoms with E-state index in [9.17, 15) is 4.79 Å². The second-order valence-corrected chi connectivity index (χ2v) is 5.18. The Balaban J connectivity index is 1.87. The molecule has 4 nitrogen and oxygen atoms in total. The van der Waals surface area contributed by atoms with Crippen LogP contribution in [0.4, 0.5) is 0 Å². The Hall–Kier alpha value is -1.55.